The first-order valence-corrected chi connectivity index (χ1v) is 11.3. The smallest absolute Gasteiger partial charge is 0.226 e. The third-order valence-electron chi connectivity index (χ3n) is 4.67. The Balaban J connectivity index is 2.05. The number of unbranched alkanes of at least 4 members (excludes halogenated alkanes) is 10. The van der Waals surface area contributed by atoms with Crippen LogP contribution in [0.1, 0.15) is 84.0 Å². The highest BCUT2D eigenvalue weighted by Gasteiger charge is 2.07. The number of hydrogen-bond acceptors (Lipinski definition) is 3. The average Bonchev–Trinajstić information content (AvgIpc) is 2.66. The van der Waals surface area contributed by atoms with Crippen molar-refractivity contribution in [2.45, 2.75) is 84.0 Å². The Bertz CT molecular complexity index is 596. The van der Waals surface area contributed by atoms with E-state index in [4.69, 9.17) is 28.6 Å². The molecule has 0 heterocycles. The van der Waals surface area contributed by atoms with Gasteiger partial charge in [0.1, 0.15) is 5.75 Å². The number of carbonyl (C=O) groups excluding carboxylic acids is 1. The zero-order valence-electron chi connectivity index (χ0n) is 17.3. The number of amides is 1. The summed E-state index contributed by atoms with van der Waals surface area (Å²) in [6.45, 7) is 2.25. The monoisotopic (exact) mass is 426 g/mol. The summed E-state index contributed by atoms with van der Waals surface area (Å²) in [7, 11) is 1.56. The van der Waals surface area contributed by atoms with Gasteiger partial charge in [-0.25, -0.2) is 0 Å². The molecule has 0 saturated carbocycles. The summed E-state index contributed by atoms with van der Waals surface area (Å²) in [4.78, 5) is 12.0. The van der Waals surface area contributed by atoms with E-state index in [2.05, 4.69) is 17.6 Å². The fourth-order valence-corrected chi connectivity index (χ4v) is 3.53. The Labute approximate surface area is 180 Å². The molecule has 0 fully saturated rings. The normalized spacial score (nSPS) is 10.5. The maximum Gasteiger partial charge on any atom is 0.226 e. The van der Waals surface area contributed by atoms with Crippen LogP contribution in [0.25, 0.3) is 0 Å². The maximum atomic E-state index is 12.0. The van der Waals surface area contributed by atoms with Crippen LogP contribution in [0.3, 0.4) is 0 Å². The van der Waals surface area contributed by atoms with Crippen molar-refractivity contribution in [2.24, 2.45) is 0 Å². The number of halogens is 1. The lowest BCUT2D eigenvalue weighted by molar-refractivity contribution is -0.119. The van der Waals surface area contributed by atoms with E-state index >= 15 is 0 Å². The van der Waals surface area contributed by atoms with Crippen molar-refractivity contribution in [3.63, 3.8) is 0 Å². The van der Waals surface area contributed by atoms with Crippen LogP contribution in [0.15, 0.2) is 18.2 Å². The SMILES string of the molecule is CCCCCCCCCCCCCC(=O)NC(=S)Nc1ccc(OC)c(Cl)c1. The van der Waals surface area contributed by atoms with Gasteiger partial charge in [-0.05, 0) is 36.8 Å². The summed E-state index contributed by atoms with van der Waals surface area (Å²) >= 11 is 11.3. The second-order valence-corrected chi connectivity index (χ2v) is 7.95. The van der Waals surface area contributed by atoms with Crippen LogP contribution >= 0.6 is 23.8 Å². The standard InChI is InChI=1S/C22H35ClN2O2S/c1-3-4-5-6-7-8-9-10-11-12-13-14-21(26)25-22(28)24-18-15-16-20(27-2)19(23)17-18/h15-17H,3-14H2,1-2H3,(H2,24,25,26,28). The highest BCUT2D eigenvalue weighted by molar-refractivity contribution is 7.80. The van der Waals surface area contributed by atoms with Gasteiger partial charge in [0.25, 0.3) is 0 Å². The van der Waals surface area contributed by atoms with E-state index in [1.807, 2.05) is 0 Å². The van der Waals surface area contributed by atoms with Crippen molar-refractivity contribution in [1.29, 1.82) is 0 Å². The molecule has 2 N–H and O–H groups in total. The van der Waals surface area contributed by atoms with Crippen molar-refractivity contribution in [3.05, 3.63) is 23.2 Å². The molecule has 6 heteroatoms. The predicted octanol–water partition coefficient (Wildman–Crippen LogP) is 6.86. The number of benzene rings is 1. The number of anilines is 1. The predicted molar refractivity (Wildman–Crippen MR) is 123 cm³/mol. The molecule has 1 rings (SSSR count). The zero-order valence-corrected chi connectivity index (χ0v) is 18.9. The molecule has 28 heavy (non-hydrogen) atoms. The topological polar surface area (TPSA) is 50.4 Å². The van der Waals surface area contributed by atoms with E-state index in [1.165, 1.54) is 57.8 Å². The van der Waals surface area contributed by atoms with Crippen LogP contribution in [-0.2, 0) is 4.79 Å². The van der Waals surface area contributed by atoms with Gasteiger partial charge < -0.3 is 15.4 Å². The van der Waals surface area contributed by atoms with E-state index in [9.17, 15) is 4.79 Å². The van der Waals surface area contributed by atoms with Gasteiger partial charge in [-0.1, -0.05) is 82.7 Å². The number of carbonyl (C=O) groups is 1. The number of methoxy groups -OCH3 is 1. The van der Waals surface area contributed by atoms with Crippen molar-refractivity contribution >= 4 is 40.5 Å². The van der Waals surface area contributed by atoms with E-state index in [-0.39, 0.29) is 11.0 Å². The highest BCUT2D eigenvalue weighted by atomic mass is 35.5. The second kappa shape index (κ2) is 15.6. The summed E-state index contributed by atoms with van der Waals surface area (Å²) in [6, 6.07) is 5.26. The lowest BCUT2D eigenvalue weighted by Gasteiger charge is -2.11. The zero-order chi connectivity index (χ0) is 20.6. The molecule has 1 amide bonds. The summed E-state index contributed by atoms with van der Waals surface area (Å²) in [5.41, 5.74) is 0.714. The Morgan fingerprint density at radius 2 is 1.57 bits per heavy atom. The largest absolute Gasteiger partial charge is 0.495 e. The van der Waals surface area contributed by atoms with Gasteiger partial charge in [0.2, 0.25) is 5.91 Å². The molecular formula is C22H35ClN2O2S. The van der Waals surface area contributed by atoms with Crippen molar-refractivity contribution in [2.75, 3.05) is 12.4 Å². The summed E-state index contributed by atoms with van der Waals surface area (Å²) in [5.74, 6) is 0.548. The van der Waals surface area contributed by atoms with Crippen molar-refractivity contribution in [3.8, 4) is 5.75 Å². The van der Waals surface area contributed by atoms with Crippen molar-refractivity contribution < 1.29 is 9.53 Å². The van der Waals surface area contributed by atoms with Crippen LogP contribution in [0.4, 0.5) is 5.69 Å². The Hall–Kier alpha value is -1.33. The fraction of sp³-hybridized carbons (Fsp3) is 0.636. The molecule has 0 aliphatic heterocycles. The first-order valence-electron chi connectivity index (χ1n) is 10.5. The van der Waals surface area contributed by atoms with E-state index < -0.39 is 0 Å². The molecule has 0 radical (unpaired) electrons. The molecule has 158 valence electrons. The third-order valence-corrected chi connectivity index (χ3v) is 5.17. The van der Waals surface area contributed by atoms with Crippen LogP contribution in [0, 0.1) is 0 Å². The third kappa shape index (κ3) is 11.5. The van der Waals surface area contributed by atoms with E-state index in [0.29, 0.717) is 22.9 Å². The molecule has 0 saturated heterocycles. The summed E-state index contributed by atoms with van der Waals surface area (Å²) < 4.78 is 5.11. The molecule has 0 spiro atoms. The number of ether oxygens (including phenoxy) is 1. The average molecular weight is 427 g/mol. The van der Waals surface area contributed by atoms with Gasteiger partial charge in [0.15, 0.2) is 5.11 Å². The van der Waals surface area contributed by atoms with Crippen LogP contribution < -0.4 is 15.4 Å². The number of thiocarbonyl (C=S) groups is 1. The molecular weight excluding hydrogens is 392 g/mol. The Kier molecular flexibility index (Phi) is 13.7. The molecule has 0 aliphatic rings. The van der Waals surface area contributed by atoms with Crippen LogP contribution in [0.5, 0.6) is 5.75 Å². The molecule has 4 nitrogen and oxygen atoms in total. The first-order chi connectivity index (χ1) is 13.6. The second-order valence-electron chi connectivity index (χ2n) is 7.14. The number of nitrogens with one attached hydrogen (secondary N) is 2. The van der Waals surface area contributed by atoms with Crippen LogP contribution in [0.2, 0.25) is 5.02 Å². The van der Waals surface area contributed by atoms with Gasteiger partial charge in [-0.15, -0.1) is 0 Å². The molecule has 1 aromatic rings. The minimum atomic E-state index is -0.0481. The minimum absolute atomic E-state index is 0.0481. The summed E-state index contributed by atoms with van der Waals surface area (Å²) in [6.07, 6.45) is 14.4. The molecule has 0 bridgehead atoms. The van der Waals surface area contributed by atoms with Gasteiger partial charge in [-0.2, -0.15) is 0 Å². The van der Waals surface area contributed by atoms with Crippen LogP contribution in [-0.4, -0.2) is 18.1 Å². The van der Waals surface area contributed by atoms with Gasteiger partial charge in [0, 0.05) is 12.1 Å². The lowest BCUT2D eigenvalue weighted by Crippen LogP contribution is -2.33. The van der Waals surface area contributed by atoms with E-state index in [1.54, 1.807) is 25.3 Å². The molecule has 0 aliphatic carbocycles. The Morgan fingerprint density at radius 1 is 1.00 bits per heavy atom. The minimum Gasteiger partial charge on any atom is -0.495 e. The van der Waals surface area contributed by atoms with Gasteiger partial charge >= 0.3 is 0 Å². The highest BCUT2D eigenvalue weighted by Crippen LogP contribution is 2.27. The quantitative estimate of drug-likeness (QED) is 0.252. The molecule has 0 atom stereocenters. The number of hydrogen-bond donors (Lipinski definition) is 2. The van der Waals surface area contributed by atoms with Crippen molar-refractivity contribution in [1.82, 2.24) is 5.32 Å². The summed E-state index contributed by atoms with van der Waals surface area (Å²) in [5, 5.41) is 6.46. The molecule has 1 aromatic carbocycles. The number of rotatable bonds is 14. The first kappa shape index (κ1) is 24.7. The molecule has 0 unspecified atom stereocenters. The lowest BCUT2D eigenvalue weighted by atomic mass is 10.1. The van der Waals surface area contributed by atoms with E-state index in [0.717, 1.165) is 12.8 Å². The fourth-order valence-electron chi connectivity index (χ4n) is 3.05. The van der Waals surface area contributed by atoms with Gasteiger partial charge in [-0.3, -0.25) is 4.79 Å². The maximum absolute atomic E-state index is 12.0. The Morgan fingerprint density at radius 3 is 2.11 bits per heavy atom. The van der Waals surface area contributed by atoms with Gasteiger partial charge in [0.05, 0.1) is 12.1 Å². The molecule has 0 aromatic heterocycles.